The van der Waals surface area contributed by atoms with Crippen molar-refractivity contribution in [3.05, 3.63) is 119 Å². The van der Waals surface area contributed by atoms with Crippen molar-refractivity contribution < 1.29 is 9.18 Å². The second kappa shape index (κ2) is 10.00. The van der Waals surface area contributed by atoms with Gasteiger partial charge in [-0.2, -0.15) is 4.39 Å². The van der Waals surface area contributed by atoms with E-state index in [0.717, 1.165) is 38.7 Å². The van der Waals surface area contributed by atoms with Gasteiger partial charge in [0.05, 0.1) is 5.52 Å². The highest BCUT2D eigenvalue weighted by molar-refractivity contribution is 5.96. The lowest BCUT2D eigenvalue weighted by molar-refractivity contribution is 0.0950. The maximum atomic E-state index is 13.6. The molecule has 3 heterocycles. The Morgan fingerprint density at radius 3 is 2.58 bits per heavy atom. The van der Waals surface area contributed by atoms with Gasteiger partial charge in [-0.25, -0.2) is 15.0 Å². The Balaban J connectivity index is 1.38. The van der Waals surface area contributed by atoms with Crippen molar-refractivity contribution in [2.75, 3.05) is 0 Å². The van der Waals surface area contributed by atoms with Crippen LogP contribution in [0, 0.1) is 19.8 Å². The van der Waals surface area contributed by atoms with E-state index >= 15 is 0 Å². The van der Waals surface area contributed by atoms with Crippen LogP contribution >= 0.6 is 0 Å². The summed E-state index contributed by atoms with van der Waals surface area (Å²) in [6.45, 7) is 3.91. The molecule has 0 fully saturated rings. The van der Waals surface area contributed by atoms with Gasteiger partial charge in [-0.3, -0.25) is 9.78 Å². The number of amides is 1. The molecule has 0 aliphatic rings. The summed E-state index contributed by atoms with van der Waals surface area (Å²) in [6, 6.07) is 17.0. The molecular weight excluding hydrogens is 453 g/mol. The van der Waals surface area contributed by atoms with Crippen LogP contribution in [0.4, 0.5) is 4.39 Å². The Hall–Kier alpha value is -4.52. The van der Waals surface area contributed by atoms with Gasteiger partial charge in [0.2, 0.25) is 5.95 Å². The number of hydrogen-bond donors (Lipinski definition) is 1. The molecule has 0 aliphatic heterocycles. The molecular formula is C29H24FN5O. The number of fused-ring (bicyclic) bond motifs is 1. The highest BCUT2D eigenvalue weighted by Gasteiger charge is 2.14. The Morgan fingerprint density at radius 2 is 1.78 bits per heavy atom. The molecule has 0 radical (unpaired) electrons. The standard InChI is InChI=1S/C29H24FN5O/c1-18-10-20(11-28(30)35-18)14-34-29(36)25-5-3-4-21(19(25)2)12-23-8-9-33-27-13-22(6-7-26(23)27)24-15-31-17-32-16-24/h3-11,13,15-17H,12,14H2,1-2H3,(H,34,36). The first-order valence-corrected chi connectivity index (χ1v) is 11.6. The molecule has 0 bridgehead atoms. The molecule has 5 rings (SSSR count). The maximum absolute atomic E-state index is 13.6. The normalized spacial score (nSPS) is 11.0. The van der Waals surface area contributed by atoms with Gasteiger partial charge in [0.25, 0.3) is 5.91 Å². The van der Waals surface area contributed by atoms with Gasteiger partial charge in [0.1, 0.15) is 6.33 Å². The summed E-state index contributed by atoms with van der Waals surface area (Å²) in [7, 11) is 0. The maximum Gasteiger partial charge on any atom is 0.251 e. The number of rotatable bonds is 6. The summed E-state index contributed by atoms with van der Waals surface area (Å²) in [4.78, 5) is 29.5. The van der Waals surface area contributed by atoms with Crippen LogP contribution in [0.5, 0.6) is 0 Å². The summed E-state index contributed by atoms with van der Waals surface area (Å²) >= 11 is 0. The fourth-order valence-corrected chi connectivity index (χ4v) is 4.39. The molecule has 5 aromatic rings. The number of carbonyl (C=O) groups is 1. The predicted molar refractivity (Wildman–Crippen MR) is 137 cm³/mol. The summed E-state index contributed by atoms with van der Waals surface area (Å²) in [5.41, 5.74) is 7.77. The molecule has 0 saturated heterocycles. The molecule has 2 aromatic carbocycles. The van der Waals surface area contributed by atoms with E-state index in [1.807, 2.05) is 49.5 Å². The fourth-order valence-electron chi connectivity index (χ4n) is 4.39. The zero-order chi connectivity index (χ0) is 25.1. The first-order valence-electron chi connectivity index (χ1n) is 11.6. The molecule has 1 N–H and O–H groups in total. The lowest BCUT2D eigenvalue weighted by Gasteiger charge is -2.13. The van der Waals surface area contributed by atoms with Gasteiger partial charge < -0.3 is 5.32 Å². The monoisotopic (exact) mass is 477 g/mol. The number of aryl methyl sites for hydroxylation is 1. The van der Waals surface area contributed by atoms with E-state index < -0.39 is 5.95 Å². The number of aromatic nitrogens is 4. The molecule has 0 saturated carbocycles. The quantitative estimate of drug-likeness (QED) is 0.333. The van der Waals surface area contributed by atoms with Crippen LogP contribution in [0.25, 0.3) is 22.0 Å². The number of nitrogens with one attached hydrogen (secondary N) is 1. The fraction of sp³-hybridized carbons (Fsp3) is 0.138. The van der Waals surface area contributed by atoms with E-state index in [1.165, 1.54) is 12.4 Å². The topological polar surface area (TPSA) is 80.7 Å². The zero-order valence-corrected chi connectivity index (χ0v) is 20.0. The van der Waals surface area contributed by atoms with Gasteiger partial charge >= 0.3 is 0 Å². The third kappa shape index (κ3) is 4.95. The lowest BCUT2D eigenvalue weighted by atomic mass is 9.94. The lowest BCUT2D eigenvalue weighted by Crippen LogP contribution is -2.24. The SMILES string of the molecule is Cc1cc(CNC(=O)c2cccc(Cc3ccnc4cc(-c5cncnc5)ccc34)c2C)cc(F)n1. The summed E-state index contributed by atoms with van der Waals surface area (Å²) in [5, 5.41) is 3.96. The Labute approximate surface area is 208 Å². The van der Waals surface area contributed by atoms with E-state index in [1.54, 1.807) is 25.4 Å². The predicted octanol–water partition coefficient (Wildman–Crippen LogP) is 5.36. The number of pyridine rings is 2. The minimum absolute atomic E-state index is 0.196. The summed E-state index contributed by atoms with van der Waals surface area (Å²) in [6.07, 6.45) is 7.55. The molecule has 178 valence electrons. The van der Waals surface area contributed by atoms with Crippen LogP contribution in [-0.4, -0.2) is 25.8 Å². The average Bonchev–Trinajstić information content (AvgIpc) is 2.88. The van der Waals surface area contributed by atoms with Crippen LogP contribution in [0.2, 0.25) is 0 Å². The molecule has 7 heteroatoms. The van der Waals surface area contributed by atoms with Crippen molar-refractivity contribution in [3.8, 4) is 11.1 Å². The van der Waals surface area contributed by atoms with Crippen LogP contribution in [0.15, 0.2) is 79.5 Å². The third-order valence-electron chi connectivity index (χ3n) is 6.23. The van der Waals surface area contributed by atoms with E-state index in [0.29, 0.717) is 23.2 Å². The van der Waals surface area contributed by atoms with Crippen molar-refractivity contribution >= 4 is 16.8 Å². The van der Waals surface area contributed by atoms with Crippen LogP contribution < -0.4 is 5.32 Å². The number of hydrogen-bond acceptors (Lipinski definition) is 5. The average molecular weight is 478 g/mol. The molecule has 36 heavy (non-hydrogen) atoms. The van der Waals surface area contributed by atoms with Crippen molar-refractivity contribution in [1.29, 1.82) is 0 Å². The minimum atomic E-state index is -0.550. The Morgan fingerprint density at radius 1 is 0.944 bits per heavy atom. The highest BCUT2D eigenvalue weighted by atomic mass is 19.1. The Kier molecular flexibility index (Phi) is 6.45. The van der Waals surface area contributed by atoms with E-state index in [9.17, 15) is 9.18 Å². The molecule has 0 atom stereocenters. The molecule has 3 aromatic heterocycles. The van der Waals surface area contributed by atoms with Gasteiger partial charge in [0, 0.05) is 47.3 Å². The van der Waals surface area contributed by atoms with Gasteiger partial charge in [-0.15, -0.1) is 0 Å². The van der Waals surface area contributed by atoms with Crippen molar-refractivity contribution in [3.63, 3.8) is 0 Å². The van der Waals surface area contributed by atoms with E-state index in [-0.39, 0.29) is 12.5 Å². The molecule has 0 spiro atoms. The third-order valence-corrected chi connectivity index (χ3v) is 6.23. The van der Waals surface area contributed by atoms with E-state index in [2.05, 4.69) is 31.3 Å². The van der Waals surface area contributed by atoms with Crippen molar-refractivity contribution in [2.24, 2.45) is 0 Å². The van der Waals surface area contributed by atoms with Crippen molar-refractivity contribution in [2.45, 2.75) is 26.8 Å². The van der Waals surface area contributed by atoms with Crippen LogP contribution in [0.3, 0.4) is 0 Å². The van der Waals surface area contributed by atoms with Gasteiger partial charge in [-0.1, -0.05) is 24.3 Å². The number of nitrogens with zero attached hydrogens (tertiary/aromatic N) is 4. The Bertz CT molecular complexity index is 1550. The second-order valence-corrected chi connectivity index (χ2v) is 8.72. The smallest absolute Gasteiger partial charge is 0.251 e. The van der Waals surface area contributed by atoms with Gasteiger partial charge in [-0.05, 0) is 78.4 Å². The highest BCUT2D eigenvalue weighted by Crippen LogP contribution is 2.27. The largest absolute Gasteiger partial charge is 0.348 e. The summed E-state index contributed by atoms with van der Waals surface area (Å²) in [5.74, 6) is -0.746. The number of benzene rings is 2. The molecule has 6 nitrogen and oxygen atoms in total. The zero-order valence-electron chi connectivity index (χ0n) is 20.0. The molecule has 0 aliphatic carbocycles. The van der Waals surface area contributed by atoms with Crippen LogP contribution in [0.1, 0.15) is 38.3 Å². The molecule has 1 amide bonds. The minimum Gasteiger partial charge on any atom is -0.348 e. The second-order valence-electron chi connectivity index (χ2n) is 8.72. The van der Waals surface area contributed by atoms with E-state index in [4.69, 9.17) is 0 Å². The molecule has 0 unspecified atom stereocenters. The number of halogens is 1. The number of carbonyl (C=O) groups excluding carboxylic acids is 1. The van der Waals surface area contributed by atoms with Crippen LogP contribution in [-0.2, 0) is 13.0 Å². The summed E-state index contributed by atoms with van der Waals surface area (Å²) < 4.78 is 13.6. The first-order chi connectivity index (χ1) is 17.5. The van der Waals surface area contributed by atoms with Crippen molar-refractivity contribution in [1.82, 2.24) is 25.3 Å². The first kappa shape index (κ1) is 23.2. The van der Waals surface area contributed by atoms with Gasteiger partial charge in [0.15, 0.2) is 0 Å².